The van der Waals surface area contributed by atoms with Gasteiger partial charge in [0.2, 0.25) is 0 Å². The Hall–Kier alpha value is -1.41. The van der Waals surface area contributed by atoms with Crippen molar-refractivity contribution in [2.45, 2.75) is 45.1 Å². The standard InChI is InChI=1S/C17H23NO5S2/c1-2-11-3-4-14-12(7-11)8-15(24-14)17(20)23-9-16(19)18-13-5-6-25(21,22)10-13/h8,11,13H,2-7,9-10H2,1H3,(H,18,19)/t11-,13+/m1/s1. The predicted octanol–water partition coefficient (Wildman–Crippen LogP) is 1.72. The summed E-state index contributed by atoms with van der Waals surface area (Å²) in [5.41, 5.74) is 1.23. The van der Waals surface area contributed by atoms with E-state index in [9.17, 15) is 18.0 Å². The average Bonchev–Trinajstić information content (AvgIpc) is 3.14. The molecule has 25 heavy (non-hydrogen) atoms. The van der Waals surface area contributed by atoms with Gasteiger partial charge in [-0.3, -0.25) is 4.79 Å². The molecule has 1 aliphatic carbocycles. The molecule has 2 aliphatic rings. The Morgan fingerprint density at radius 3 is 2.84 bits per heavy atom. The van der Waals surface area contributed by atoms with Crippen molar-refractivity contribution in [3.05, 3.63) is 21.4 Å². The summed E-state index contributed by atoms with van der Waals surface area (Å²) in [6, 6.07) is 1.52. The molecule has 1 aromatic heterocycles. The predicted molar refractivity (Wildman–Crippen MR) is 95.6 cm³/mol. The SMILES string of the molecule is CC[C@@H]1CCc2sc(C(=O)OCC(=O)N[C@H]3CCS(=O)(=O)C3)cc2C1. The molecule has 2 atom stereocenters. The fourth-order valence-corrected chi connectivity index (χ4v) is 6.20. The second kappa shape index (κ2) is 7.45. The largest absolute Gasteiger partial charge is 0.451 e. The van der Waals surface area contributed by atoms with Crippen molar-refractivity contribution in [3.8, 4) is 0 Å². The lowest BCUT2D eigenvalue weighted by Crippen LogP contribution is -2.38. The molecule has 1 N–H and O–H groups in total. The Morgan fingerprint density at radius 2 is 2.16 bits per heavy atom. The first-order valence-corrected chi connectivity index (χ1v) is 11.3. The lowest BCUT2D eigenvalue weighted by Gasteiger charge is -2.19. The number of aryl methyl sites for hydroxylation is 1. The molecule has 1 fully saturated rings. The number of fused-ring (bicyclic) bond motifs is 1. The smallest absolute Gasteiger partial charge is 0.348 e. The summed E-state index contributed by atoms with van der Waals surface area (Å²) in [6.45, 7) is 1.81. The Bertz CT molecular complexity index is 768. The fraction of sp³-hybridized carbons (Fsp3) is 0.647. The minimum atomic E-state index is -3.04. The van der Waals surface area contributed by atoms with Gasteiger partial charge in [0, 0.05) is 10.9 Å². The number of esters is 1. The van der Waals surface area contributed by atoms with Crippen molar-refractivity contribution in [1.82, 2.24) is 5.32 Å². The molecule has 0 unspecified atom stereocenters. The van der Waals surface area contributed by atoms with Crippen molar-refractivity contribution < 1.29 is 22.7 Å². The van der Waals surface area contributed by atoms with E-state index in [1.807, 2.05) is 6.07 Å². The van der Waals surface area contributed by atoms with Crippen LogP contribution in [-0.2, 0) is 32.2 Å². The molecule has 0 saturated carbocycles. The molecule has 0 aromatic carbocycles. The Morgan fingerprint density at radius 1 is 1.36 bits per heavy atom. The lowest BCUT2D eigenvalue weighted by atomic mass is 9.87. The summed E-state index contributed by atoms with van der Waals surface area (Å²) in [6.07, 6.45) is 4.73. The summed E-state index contributed by atoms with van der Waals surface area (Å²) in [5.74, 6) is -0.205. The number of rotatable bonds is 5. The van der Waals surface area contributed by atoms with Gasteiger partial charge in [0.1, 0.15) is 4.88 Å². The van der Waals surface area contributed by atoms with Gasteiger partial charge in [-0.05, 0) is 43.2 Å². The molecule has 0 radical (unpaired) electrons. The van der Waals surface area contributed by atoms with Gasteiger partial charge >= 0.3 is 5.97 Å². The lowest BCUT2D eigenvalue weighted by molar-refractivity contribution is -0.124. The Labute approximate surface area is 151 Å². The summed E-state index contributed by atoms with van der Waals surface area (Å²) in [7, 11) is -3.04. The second-order valence-corrected chi connectivity index (χ2v) is 10.2. The number of sulfone groups is 1. The molecule has 1 aliphatic heterocycles. The maximum Gasteiger partial charge on any atom is 0.348 e. The number of nitrogens with one attached hydrogen (secondary N) is 1. The maximum atomic E-state index is 12.2. The molecule has 0 spiro atoms. The third-order valence-electron chi connectivity index (χ3n) is 4.90. The van der Waals surface area contributed by atoms with E-state index >= 15 is 0 Å². The molecule has 8 heteroatoms. The highest BCUT2D eigenvalue weighted by Gasteiger charge is 2.29. The van der Waals surface area contributed by atoms with Gasteiger partial charge in [0.05, 0.1) is 11.5 Å². The molecule has 0 bridgehead atoms. The number of ether oxygens (including phenoxy) is 1. The van der Waals surface area contributed by atoms with Gasteiger partial charge < -0.3 is 10.1 Å². The van der Waals surface area contributed by atoms with Gasteiger partial charge in [-0.2, -0.15) is 0 Å². The molecular weight excluding hydrogens is 362 g/mol. The highest BCUT2D eigenvalue weighted by molar-refractivity contribution is 7.91. The molecule has 2 heterocycles. The van der Waals surface area contributed by atoms with Crippen LogP contribution in [0.1, 0.15) is 46.3 Å². The quantitative estimate of drug-likeness (QED) is 0.780. The topological polar surface area (TPSA) is 89.5 Å². The molecule has 1 aromatic rings. The summed E-state index contributed by atoms with van der Waals surface area (Å²) in [5, 5.41) is 2.61. The average molecular weight is 386 g/mol. The molecule has 1 saturated heterocycles. The Kier molecular flexibility index (Phi) is 5.48. The van der Waals surface area contributed by atoms with Crippen LogP contribution < -0.4 is 5.32 Å². The summed E-state index contributed by atoms with van der Waals surface area (Å²) >= 11 is 1.45. The molecule has 138 valence electrons. The second-order valence-electron chi connectivity index (χ2n) is 6.82. The zero-order valence-corrected chi connectivity index (χ0v) is 15.9. The van der Waals surface area contributed by atoms with Crippen molar-refractivity contribution in [3.63, 3.8) is 0 Å². The molecule has 1 amide bonds. The first kappa shape index (κ1) is 18.4. The van der Waals surface area contributed by atoms with Crippen molar-refractivity contribution in [2.75, 3.05) is 18.1 Å². The normalized spacial score (nSPS) is 24.5. The minimum Gasteiger partial charge on any atom is -0.451 e. The van der Waals surface area contributed by atoms with Crippen LogP contribution in [0, 0.1) is 5.92 Å². The van der Waals surface area contributed by atoms with Crippen LogP contribution in [0.15, 0.2) is 6.07 Å². The number of hydrogen-bond donors (Lipinski definition) is 1. The van der Waals surface area contributed by atoms with Crippen LogP contribution in [0.2, 0.25) is 0 Å². The van der Waals surface area contributed by atoms with Crippen molar-refractivity contribution in [1.29, 1.82) is 0 Å². The van der Waals surface area contributed by atoms with E-state index in [4.69, 9.17) is 4.74 Å². The molecule has 6 nitrogen and oxygen atoms in total. The Balaban J connectivity index is 1.50. The van der Waals surface area contributed by atoms with Crippen LogP contribution in [0.3, 0.4) is 0 Å². The zero-order chi connectivity index (χ0) is 18.0. The van der Waals surface area contributed by atoms with E-state index in [0.29, 0.717) is 17.2 Å². The van der Waals surface area contributed by atoms with Gasteiger partial charge in [-0.25, -0.2) is 13.2 Å². The number of amides is 1. The summed E-state index contributed by atoms with van der Waals surface area (Å²) in [4.78, 5) is 25.8. The van der Waals surface area contributed by atoms with E-state index in [0.717, 1.165) is 25.7 Å². The van der Waals surface area contributed by atoms with E-state index in [1.165, 1.54) is 21.8 Å². The highest BCUT2D eigenvalue weighted by Crippen LogP contribution is 2.33. The summed E-state index contributed by atoms with van der Waals surface area (Å²) < 4.78 is 27.9. The van der Waals surface area contributed by atoms with Gasteiger partial charge in [-0.15, -0.1) is 11.3 Å². The van der Waals surface area contributed by atoms with Crippen LogP contribution >= 0.6 is 11.3 Å². The number of thiophene rings is 1. The molecule has 3 rings (SSSR count). The zero-order valence-electron chi connectivity index (χ0n) is 14.2. The third kappa shape index (κ3) is 4.61. The van der Waals surface area contributed by atoms with Gasteiger partial charge in [-0.1, -0.05) is 13.3 Å². The van der Waals surface area contributed by atoms with Crippen LogP contribution in [-0.4, -0.2) is 44.4 Å². The first-order chi connectivity index (χ1) is 11.9. The van der Waals surface area contributed by atoms with E-state index in [1.54, 1.807) is 0 Å². The van der Waals surface area contributed by atoms with E-state index in [2.05, 4.69) is 12.2 Å². The van der Waals surface area contributed by atoms with Crippen LogP contribution in [0.4, 0.5) is 0 Å². The van der Waals surface area contributed by atoms with Crippen LogP contribution in [0.25, 0.3) is 0 Å². The van der Waals surface area contributed by atoms with Gasteiger partial charge in [0.15, 0.2) is 16.4 Å². The maximum absolute atomic E-state index is 12.2. The van der Waals surface area contributed by atoms with Crippen molar-refractivity contribution >= 4 is 33.1 Å². The van der Waals surface area contributed by atoms with Crippen LogP contribution in [0.5, 0.6) is 0 Å². The van der Waals surface area contributed by atoms with Gasteiger partial charge in [0.25, 0.3) is 5.91 Å². The number of carbonyl (C=O) groups is 2. The first-order valence-electron chi connectivity index (χ1n) is 8.65. The van der Waals surface area contributed by atoms with E-state index in [-0.39, 0.29) is 24.2 Å². The monoisotopic (exact) mass is 385 g/mol. The molecular formula is C17H23NO5S2. The highest BCUT2D eigenvalue weighted by atomic mass is 32.2. The third-order valence-corrected chi connectivity index (χ3v) is 7.88. The number of hydrogen-bond acceptors (Lipinski definition) is 6. The minimum absolute atomic E-state index is 0.0388. The number of carbonyl (C=O) groups excluding carboxylic acids is 2. The van der Waals surface area contributed by atoms with Crippen molar-refractivity contribution in [2.24, 2.45) is 5.92 Å². The van der Waals surface area contributed by atoms with E-state index < -0.39 is 21.7 Å². The fourth-order valence-electron chi connectivity index (χ4n) is 3.43.